The van der Waals surface area contributed by atoms with Gasteiger partial charge in [0, 0.05) is 11.1 Å². The van der Waals surface area contributed by atoms with Crippen molar-refractivity contribution in [1.29, 1.82) is 0 Å². The van der Waals surface area contributed by atoms with Gasteiger partial charge in [0.1, 0.15) is 0 Å². The second-order valence-corrected chi connectivity index (χ2v) is 10.1. The number of nitrogens with one attached hydrogen (secondary N) is 1. The molecule has 0 spiro atoms. The number of halogens is 3. The van der Waals surface area contributed by atoms with E-state index in [1.165, 1.54) is 28.6 Å². The molecular weight excluding hydrogens is 455 g/mol. The van der Waals surface area contributed by atoms with E-state index in [0.717, 1.165) is 32.1 Å². The van der Waals surface area contributed by atoms with Crippen molar-refractivity contribution in [1.82, 2.24) is 4.31 Å². The van der Waals surface area contributed by atoms with E-state index in [0.29, 0.717) is 15.7 Å². The molecule has 3 rings (SSSR count). The van der Waals surface area contributed by atoms with Crippen LogP contribution in [0.1, 0.15) is 32.1 Å². The lowest BCUT2D eigenvalue weighted by Gasteiger charge is -2.33. The monoisotopic (exact) mass is 474 g/mol. The molecule has 1 N–H and O–H groups in total. The first-order valence-corrected chi connectivity index (χ1v) is 11.9. The van der Waals surface area contributed by atoms with Crippen LogP contribution in [0.4, 0.5) is 5.69 Å². The highest BCUT2D eigenvalue weighted by molar-refractivity contribution is 7.89. The van der Waals surface area contributed by atoms with Crippen LogP contribution < -0.4 is 5.32 Å². The summed E-state index contributed by atoms with van der Waals surface area (Å²) in [6.07, 6.45) is 4.36. The number of hydrogen-bond donors (Lipinski definition) is 1. The predicted octanol–water partition coefficient (Wildman–Crippen LogP) is 5.61. The minimum absolute atomic E-state index is 0.112. The summed E-state index contributed by atoms with van der Waals surface area (Å²) in [5, 5.41) is 3.64. The van der Waals surface area contributed by atoms with Gasteiger partial charge in [0.2, 0.25) is 15.9 Å². The molecule has 9 heteroatoms. The molecule has 1 aliphatic rings. The Morgan fingerprint density at radius 2 is 1.66 bits per heavy atom. The van der Waals surface area contributed by atoms with Crippen LogP contribution in [0.3, 0.4) is 0 Å². The SMILES string of the molecule is O=C(CN(C1CCCCC1)S(=O)(=O)c1ccc(Cl)cc1)Nc1cccc(Cl)c1Cl. The van der Waals surface area contributed by atoms with Crippen molar-refractivity contribution in [3.63, 3.8) is 0 Å². The molecule has 29 heavy (non-hydrogen) atoms. The molecule has 1 fully saturated rings. The number of nitrogens with zero attached hydrogens (tertiary/aromatic N) is 1. The minimum Gasteiger partial charge on any atom is -0.324 e. The molecule has 0 aromatic heterocycles. The molecule has 2 aromatic rings. The smallest absolute Gasteiger partial charge is 0.243 e. The topological polar surface area (TPSA) is 66.5 Å². The maximum absolute atomic E-state index is 13.3. The maximum atomic E-state index is 13.3. The van der Waals surface area contributed by atoms with Gasteiger partial charge in [-0.05, 0) is 49.2 Å². The Kier molecular flexibility index (Phi) is 7.46. The van der Waals surface area contributed by atoms with Gasteiger partial charge in [-0.1, -0.05) is 60.1 Å². The van der Waals surface area contributed by atoms with Crippen LogP contribution in [0, 0.1) is 0 Å². The summed E-state index contributed by atoms with van der Waals surface area (Å²) in [4.78, 5) is 12.8. The summed E-state index contributed by atoms with van der Waals surface area (Å²) in [5.41, 5.74) is 0.344. The molecule has 5 nitrogen and oxygen atoms in total. The van der Waals surface area contributed by atoms with Gasteiger partial charge in [0.15, 0.2) is 0 Å². The Morgan fingerprint density at radius 3 is 2.31 bits per heavy atom. The van der Waals surface area contributed by atoms with E-state index in [2.05, 4.69) is 5.32 Å². The molecular formula is C20H21Cl3N2O3S. The number of carbonyl (C=O) groups excluding carboxylic acids is 1. The Hall–Kier alpha value is -1.31. The van der Waals surface area contributed by atoms with E-state index in [-0.39, 0.29) is 22.5 Å². The van der Waals surface area contributed by atoms with Gasteiger partial charge in [-0.25, -0.2) is 8.42 Å². The van der Waals surface area contributed by atoms with E-state index in [1.54, 1.807) is 18.2 Å². The summed E-state index contributed by atoms with van der Waals surface area (Å²) in [5.74, 6) is -0.475. The highest BCUT2D eigenvalue weighted by Crippen LogP contribution is 2.31. The summed E-state index contributed by atoms with van der Waals surface area (Å²) in [6, 6.07) is 10.6. The first-order chi connectivity index (χ1) is 13.8. The van der Waals surface area contributed by atoms with Gasteiger partial charge in [0.25, 0.3) is 0 Å². The third-order valence-electron chi connectivity index (χ3n) is 4.93. The summed E-state index contributed by atoms with van der Waals surface area (Å²) in [7, 11) is -3.87. The average molecular weight is 476 g/mol. The molecule has 0 saturated heterocycles. The van der Waals surface area contributed by atoms with Crippen LogP contribution in [0.15, 0.2) is 47.4 Å². The Morgan fingerprint density at radius 1 is 1.00 bits per heavy atom. The molecule has 2 aromatic carbocycles. The molecule has 1 saturated carbocycles. The number of anilines is 1. The first-order valence-electron chi connectivity index (χ1n) is 9.30. The van der Waals surface area contributed by atoms with Crippen molar-refractivity contribution in [3.8, 4) is 0 Å². The van der Waals surface area contributed by atoms with Gasteiger partial charge in [-0.15, -0.1) is 0 Å². The molecule has 156 valence electrons. The number of hydrogen-bond acceptors (Lipinski definition) is 3. The van der Waals surface area contributed by atoms with Gasteiger partial charge in [0.05, 0.1) is 27.2 Å². The lowest BCUT2D eigenvalue weighted by Crippen LogP contribution is -2.45. The third kappa shape index (κ3) is 5.44. The fourth-order valence-electron chi connectivity index (χ4n) is 3.45. The zero-order valence-electron chi connectivity index (χ0n) is 15.6. The van der Waals surface area contributed by atoms with Crippen LogP contribution in [-0.2, 0) is 14.8 Å². The van der Waals surface area contributed by atoms with E-state index >= 15 is 0 Å². The van der Waals surface area contributed by atoms with Crippen LogP contribution in [0.2, 0.25) is 15.1 Å². The summed E-state index contributed by atoms with van der Waals surface area (Å²) in [6.45, 7) is -0.307. The zero-order valence-corrected chi connectivity index (χ0v) is 18.7. The first kappa shape index (κ1) is 22.4. The number of sulfonamides is 1. The maximum Gasteiger partial charge on any atom is 0.243 e. The van der Waals surface area contributed by atoms with E-state index in [1.807, 2.05) is 0 Å². The lowest BCUT2D eigenvalue weighted by molar-refractivity contribution is -0.116. The second kappa shape index (κ2) is 9.67. The van der Waals surface area contributed by atoms with Gasteiger partial charge < -0.3 is 5.32 Å². The Balaban J connectivity index is 1.86. The quantitative estimate of drug-likeness (QED) is 0.590. The lowest BCUT2D eigenvalue weighted by atomic mass is 9.95. The van der Waals surface area contributed by atoms with E-state index in [9.17, 15) is 13.2 Å². The standard InChI is InChI=1S/C20H21Cl3N2O3S/c21-14-9-11-16(12-10-14)29(27,28)25(15-5-2-1-3-6-15)13-19(26)24-18-8-4-7-17(22)20(18)23/h4,7-12,15H,1-3,5-6,13H2,(H,24,26). The predicted molar refractivity (Wildman–Crippen MR) is 117 cm³/mol. The molecule has 0 radical (unpaired) electrons. The Labute approximate surface area is 186 Å². The normalized spacial score (nSPS) is 15.4. The highest BCUT2D eigenvalue weighted by atomic mass is 35.5. The number of rotatable bonds is 6. The van der Waals surface area contributed by atoms with E-state index in [4.69, 9.17) is 34.8 Å². The van der Waals surface area contributed by atoms with Crippen molar-refractivity contribution in [2.45, 2.75) is 43.0 Å². The van der Waals surface area contributed by atoms with Gasteiger partial charge >= 0.3 is 0 Å². The zero-order chi connectivity index (χ0) is 21.0. The largest absolute Gasteiger partial charge is 0.324 e. The van der Waals surface area contributed by atoms with Gasteiger partial charge in [-0.2, -0.15) is 4.31 Å². The van der Waals surface area contributed by atoms with Crippen molar-refractivity contribution in [3.05, 3.63) is 57.5 Å². The number of amides is 1. The minimum atomic E-state index is -3.87. The van der Waals surface area contributed by atoms with Crippen molar-refractivity contribution in [2.75, 3.05) is 11.9 Å². The Bertz CT molecular complexity index is 975. The molecule has 1 aliphatic carbocycles. The van der Waals surface area contributed by atoms with Gasteiger partial charge in [-0.3, -0.25) is 4.79 Å². The van der Waals surface area contributed by atoms with Crippen LogP contribution in [0.25, 0.3) is 0 Å². The van der Waals surface area contributed by atoms with Crippen molar-refractivity contribution >= 4 is 56.4 Å². The highest BCUT2D eigenvalue weighted by Gasteiger charge is 2.34. The molecule has 0 heterocycles. The summed E-state index contributed by atoms with van der Waals surface area (Å²) < 4.78 is 27.9. The number of carbonyl (C=O) groups is 1. The van der Waals surface area contributed by atoms with Crippen molar-refractivity contribution < 1.29 is 13.2 Å². The third-order valence-corrected chi connectivity index (χ3v) is 7.91. The fourth-order valence-corrected chi connectivity index (χ4v) is 5.57. The van der Waals surface area contributed by atoms with Crippen LogP contribution >= 0.6 is 34.8 Å². The fraction of sp³-hybridized carbons (Fsp3) is 0.350. The molecule has 0 bridgehead atoms. The molecule has 0 unspecified atom stereocenters. The van der Waals surface area contributed by atoms with Crippen LogP contribution in [-0.4, -0.2) is 31.2 Å². The van der Waals surface area contributed by atoms with Crippen molar-refractivity contribution in [2.24, 2.45) is 0 Å². The second-order valence-electron chi connectivity index (χ2n) is 6.95. The molecule has 1 amide bonds. The van der Waals surface area contributed by atoms with E-state index < -0.39 is 15.9 Å². The summed E-state index contributed by atoms with van der Waals surface area (Å²) >= 11 is 18.0. The number of benzene rings is 2. The van der Waals surface area contributed by atoms with Crippen LogP contribution in [0.5, 0.6) is 0 Å². The molecule has 0 aliphatic heterocycles. The molecule has 0 atom stereocenters. The average Bonchev–Trinajstić information content (AvgIpc) is 2.70.